The molecule has 4 radical (unpaired) electrons. The average molecular weight is 228 g/mol. The van der Waals surface area contributed by atoms with Gasteiger partial charge in [0, 0.05) is 0 Å². The molecule has 0 heterocycles. The Morgan fingerprint density at radius 3 is 2.29 bits per heavy atom. The molecular weight excluding hydrogens is 202 g/mol. The van der Waals surface area contributed by atoms with Gasteiger partial charge in [-0.1, -0.05) is 45.2 Å². The van der Waals surface area contributed by atoms with Crippen LogP contribution >= 0.6 is 0 Å². The van der Waals surface area contributed by atoms with Crippen molar-refractivity contribution in [2.45, 2.75) is 70.9 Å². The SMILES string of the molecule is [B]C([B])(CC1CC2CCC1C2)C(C)(C)CCC. The molecule has 3 atom stereocenters. The van der Waals surface area contributed by atoms with Crippen molar-refractivity contribution in [2.24, 2.45) is 23.2 Å². The molecule has 17 heavy (non-hydrogen) atoms. The zero-order valence-electron chi connectivity index (χ0n) is 11.8. The lowest BCUT2D eigenvalue weighted by Crippen LogP contribution is -2.35. The van der Waals surface area contributed by atoms with Crippen molar-refractivity contribution in [1.29, 1.82) is 0 Å². The molecule has 2 rings (SSSR count). The second-order valence-electron chi connectivity index (χ2n) is 7.31. The monoisotopic (exact) mass is 228 g/mol. The van der Waals surface area contributed by atoms with Gasteiger partial charge in [-0.2, -0.15) is 0 Å². The van der Waals surface area contributed by atoms with Crippen molar-refractivity contribution in [3.8, 4) is 0 Å². The minimum Gasteiger partial charge on any atom is -0.0938 e. The van der Waals surface area contributed by atoms with E-state index in [1.165, 1.54) is 32.1 Å². The molecule has 0 aliphatic heterocycles. The quantitative estimate of drug-likeness (QED) is 0.621. The zero-order chi connectivity index (χ0) is 12.7. The first-order valence-corrected chi connectivity index (χ1v) is 7.43. The standard InChI is InChI=1S/C15H26B2/c1-4-7-14(2,3)15(16,17)10-13-9-11-5-6-12(13)8-11/h11-13H,4-10H2,1-3H3. The molecule has 0 saturated heterocycles. The van der Waals surface area contributed by atoms with Crippen molar-refractivity contribution in [2.75, 3.05) is 0 Å². The van der Waals surface area contributed by atoms with E-state index in [1.807, 2.05) is 0 Å². The summed E-state index contributed by atoms with van der Waals surface area (Å²) in [6, 6.07) is 0. The summed E-state index contributed by atoms with van der Waals surface area (Å²) in [7, 11) is 12.9. The molecule has 0 amide bonds. The molecule has 3 unspecified atom stereocenters. The number of fused-ring (bicyclic) bond motifs is 2. The summed E-state index contributed by atoms with van der Waals surface area (Å²) >= 11 is 0. The predicted octanol–water partition coefficient (Wildman–Crippen LogP) is 4.09. The first-order chi connectivity index (χ1) is 7.86. The zero-order valence-corrected chi connectivity index (χ0v) is 11.8. The fourth-order valence-corrected chi connectivity index (χ4v) is 4.19. The van der Waals surface area contributed by atoms with Gasteiger partial charge in [-0.3, -0.25) is 0 Å². The number of hydrogen-bond acceptors (Lipinski definition) is 0. The van der Waals surface area contributed by atoms with Crippen LogP contribution in [0.5, 0.6) is 0 Å². The maximum atomic E-state index is 6.47. The van der Waals surface area contributed by atoms with Crippen LogP contribution in [0, 0.1) is 23.2 Å². The van der Waals surface area contributed by atoms with Gasteiger partial charge in [-0.15, -0.1) is 0 Å². The van der Waals surface area contributed by atoms with Crippen molar-refractivity contribution >= 4 is 15.7 Å². The minimum absolute atomic E-state index is 0.0591. The topological polar surface area (TPSA) is 0 Å². The third kappa shape index (κ3) is 2.61. The first kappa shape index (κ1) is 13.6. The number of rotatable bonds is 5. The van der Waals surface area contributed by atoms with Gasteiger partial charge in [0.15, 0.2) is 0 Å². The molecule has 2 saturated carbocycles. The van der Waals surface area contributed by atoms with Crippen molar-refractivity contribution in [3.05, 3.63) is 0 Å². The molecule has 2 fully saturated rings. The molecule has 2 heteroatoms. The fraction of sp³-hybridized carbons (Fsp3) is 1.00. The molecule has 0 N–H and O–H groups in total. The van der Waals surface area contributed by atoms with Gasteiger partial charge < -0.3 is 0 Å². The summed E-state index contributed by atoms with van der Waals surface area (Å²) in [6.07, 6.45) is 9.06. The van der Waals surface area contributed by atoms with Gasteiger partial charge in [0.25, 0.3) is 0 Å². The summed E-state index contributed by atoms with van der Waals surface area (Å²) in [6.45, 7) is 6.70. The molecule has 0 aromatic heterocycles. The number of hydrogen-bond donors (Lipinski definition) is 0. The average Bonchev–Trinajstić information content (AvgIpc) is 2.77. The Morgan fingerprint density at radius 1 is 1.12 bits per heavy atom. The van der Waals surface area contributed by atoms with E-state index in [2.05, 4.69) is 20.8 Å². The largest absolute Gasteiger partial charge is 0.0938 e. The lowest BCUT2D eigenvalue weighted by atomic mass is 9.39. The predicted molar refractivity (Wildman–Crippen MR) is 76.4 cm³/mol. The fourth-order valence-electron chi connectivity index (χ4n) is 4.19. The summed E-state index contributed by atoms with van der Waals surface area (Å²) in [5.74, 6) is 2.74. The molecule has 2 bridgehead atoms. The van der Waals surface area contributed by atoms with E-state index in [0.29, 0.717) is 0 Å². The summed E-state index contributed by atoms with van der Waals surface area (Å²) < 4.78 is 0. The van der Waals surface area contributed by atoms with Crippen LogP contribution in [0.1, 0.15) is 65.7 Å². The van der Waals surface area contributed by atoms with Crippen LogP contribution in [0.4, 0.5) is 0 Å². The van der Waals surface area contributed by atoms with Crippen molar-refractivity contribution in [1.82, 2.24) is 0 Å². The lowest BCUT2D eigenvalue weighted by molar-refractivity contribution is 0.209. The molecule has 0 nitrogen and oxygen atoms in total. The van der Waals surface area contributed by atoms with Gasteiger partial charge in [-0.05, 0) is 48.9 Å². The summed E-state index contributed by atoms with van der Waals surface area (Å²) in [5.41, 5.74) is 0.0591. The van der Waals surface area contributed by atoms with E-state index >= 15 is 0 Å². The highest BCUT2D eigenvalue weighted by atomic mass is 14.5. The van der Waals surface area contributed by atoms with Gasteiger partial charge in [-0.25, -0.2) is 0 Å². The normalized spacial score (nSPS) is 33.2. The van der Waals surface area contributed by atoms with Crippen LogP contribution in [-0.2, 0) is 0 Å². The van der Waals surface area contributed by atoms with Gasteiger partial charge in [0.2, 0.25) is 0 Å². The smallest absolute Gasteiger partial charge is 0.0627 e. The van der Waals surface area contributed by atoms with Crippen LogP contribution in [0.2, 0.25) is 5.21 Å². The van der Waals surface area contributed by atoms with Crippen LogP contribution < -0.4 is 0 Å². The van der Waals surface area contributed by atoms with Crippen LogP contribution in [0.15, 0.2) is 0 Å². The molecule has 2 aliphatic rings. The van der Waals surface area contributed by atoms with Gasteiger partial charge in [0.1, 0.15) is 0 Å². The maximum absolute atomic E-state index is 6.47. The highest BCUT2D eigenvalue weighted by Gasteiger charge is 2.44. The van der Waals surface area contributed by atoms with E-state index in [1.54, 1.807) is 0 Å². The summed E-state index contributed by atoms with van der Waals surface area (Å²) in [4.78, 5) is 0. The Hall–Kier alpha value is 0.130. The Morgan fingerprint density at radius 2 is 1.82 bits per heavy atom. The Kier molecular flexibility index (Phi) is 3.72. The van der Waals surface area contributed by atoms with E-state index in [0.717, 1.165) is 30.6 Å². The third-order valence-corrected chi connectivity index (χ3v) is 5.62. The van der Waals surface area contributed by atoms with Crippen molar-refractivity contribution < 1.29 is 0 Å². The van der Waals surface area contributed by atoms with E-state index in [4.69, 9.17) is 15.7 Å². The highest BCUT2D eigenvalue weighted by molar-refractivity contribution is 6.40. The third-order valence-electron chi connectivity index (χ3n) is 5.62. The van der Waals surface area contributed by atoms with Crippen molar-refractivity contribution in [3.63, 3.8) is 0 Å². The Bertz CT molecular complexity index is 270. The van der Waals surface area contributed by atoms with Gasteiger partial charge >= 0.3 is 0 Å². The maximum Gasteiger partial charge on any atom is 0.0627 e. The van der Waals surface area contributed by atoms with Crippen LogP contribution in [0.3, 0.4) is 0 Å². The first-order valence-electron chi connectivity index (χ1n) is 7.43. The molecule has 0 aromatic rings. The Labute approximate surface area is 110 Å². The van der Waals surface area contributed by atoms with Crippen LogP contribution in [-0.4, -0.2) is 15.7 Å². The molecule has 2 aliphatic carbocycles. The molecule has 92 valence electrons. The van der Waals surface area contributed by atoms with Crippen LogP contribution in [0.25, 0.3) is 0 Å². The molecule has 0 spiro atoms. The lowest BCUT2D eigenvalue weighted by Gasteiger charge is -2.46. The second kappa shape index (κ2) is 4.67. The second-order valence-corrected chi connectivity index (χ2v) is 7.31. The van der Waals surface area contributed by atoms with E-state index in [-0.39, 0.29) is 5.41 Å². The minimum atomic E-state index is -0.488. The molecular formula is C15H26B2. The van der Waals surface area contributed by atoms with Gasteiger partial charge in [0.05, 0.1) is 15.7 Å². The molecule has 0 aromatic carbocycles. The Balaban J connectivity index is 1.97. The summed E-state index contributed by atoms with van der Waals surface area (Å²) in [5, 5.41) is -0.488. The van der Waals surface area contributed by atoms with E-state index in [9.17, 15) is 0 Å². The van der Waals surface area contributed by atoms with E-state index < -0.39 is 5.21 Å². The highest BCUT2D eigenvalue weighted by Crippen LogP contribution is 2.56.